The van der Waals surface area contributed by atoms with Crippen LogP contribution in [0, 0.1) is 5.92 Å². The summed E-state index contributed by atoms with van der Waals surface area (Å²) in [6.45, 7) is 3.71. The highest BCUT2D eigenvalue weighted by molar-refractivity contribution is 5.78. The number of hydrogen-bond donors (Lipinski definition) is 2. The average Bonchev–Trinajstić information content (AvgIpc) is 2.79. The standard InChI is InChI=1S/C14H18N4O3/c1-9(2)12(7-14(20)21)15-13(19)8-18-16-10-5-3-4-6-11(10)17-18/h3-6,9,12H,7-8H2,1-2H3,(H,15,19)(H,20,21). The Labute approximate surface area is 121 Å². The molecular weight excluding hydrogens is 272 g/mol. The Kier molecular flexibility index (Phi) is 4.52. The van der Waals surface area contributed by atoms with E-state index in [-0.39, 0.29) is 24.8 Å². The van der Waals surface area contributed by atoms with Crippen LogP contribution in [0.2, 0.25) is 0 Å². The molecule has 7 heteroatoms. The van der Waals surface area contributed by atoms with E-state index in [1.165, 1.54) is 4.80 Å². The van der Waals surface area contributed by atoms with Crippen LogP contribution >= 0.6 is 0 Å². The maximum Gasteiger partial charge on any atom is 0.305 e. The van der Waals surface area contributed by atoms with E-state index in [2.05, 4.69) is 15.5 Å². The minimum atomic E-state index is -0.933. The number of carbonyl (C=O) groups excluding carboxylic acids is 1. The highest BCUT2D eigenvalue weighted by Crippen LogP contribution is 2.08. The van der Waals surface area contributed by atoms with Crippen LogP contribution in [-0.4, -0.2) is 38.0 Å². The van der Waals surface area contributed by atoms with Gasteiger partial charge in [0.15, 0.2) is 0 Å². The van der Waals surface area contributed by atoms with Crippen LogP contribution in [0.25, 0.3) is 11.0 Å². The fourth-order valence-electron chi connectivity index (χ4n) is 2.00. The summed E-state index contributed by atoms with van der Waals surface area (Å²) in [5.41, 5.74) is 1.44. The Hall–Kier alpha value is -2.44. The predicted molar refractivity (Wildman–Crippen MR) is 76.5 cm³/mol. The highest BCUT2D eigenvalue weighted by Gasteiger charge is 2.19. The van der Waals surface area contributed by atoms with Crippen molar-refractivity contribution in [3.8, 4) is 0 Å². The van der Waals surface area contributed by atoms with Gasteiger partial charge in [-0.2, -0.15) is 15.0 Å². The summed E-state index contributed by atoms with van der Waals surface area (Å²) >= 11 is 0. The summed E-state index contributed by atoms with van der Waals surface area (Å²) in [6, 6.07) is 6.93. The average molecular weight is 290 g/mol. The molecule has 0 aliphatic rings. The van der Waals surface area contributed by atoms with Crippen molar-refractivity contribution in [3.63, 3.8) is 0 Å². The van der Waals surface area contributed by atoms with E-state index in [9.17, 15) is 9.59 Å². The van der Waals surface area contributed by atoms with Gasteiger partial charge in [-0.1, -0.05) is 26.0 Å². The van der Waals surface area contributed by atoms with E-state index in [0.29, 0.717) is 0 Å². The molecule has 0 fully saturated rings. The zero-order chi connectivity index (χ0) is 15.4. The molecule has 0 bridgehead atoms. The monoisotopic (exact) mass is 290 g/mol. The Bertz CT molecular complexity index is 617. The van der Waals surface area contributed by atoms with Gasteiger partial charge in [0.05, 0.1) is 6.42 Å². The van der Waals surface area contributed by atoms with Gasteiger partial charge in [-0.25, -0.2) is 0 Å². The van der Waals surface area contributed by atoms with Gasteiger partial charge >= 0.3 is 5.97 Å². The van der Waals surface area contributed by atoms with E-state index in [1.54, 1.807) is 0 Å². The lowest BCUT2D eigenvalue weighted by molar-refractivity contribution is -0.138. The minimum Gasteiger partial charge on any atom is -0.481 e. The van der Waals surface area contributed by atoms with Crippen LogP contribution in [0.15, 0.2) is 24.3 Å². The molecule has 7 nitrogen and oxygen atoms in total. The number of nitrogens with zero attached hydrogens (tertiary/aromatic N) is 3. The van der Waals surface area contributed by atoms with E-state index >= 15 is 0 Å². The zero-order valence-corrected chi connectivity index (χ0v) is 12.0. The third-order valence-electron chi connectivity index (χ3n) is 3.16. The quantitative estimate of drug-likeness (QED) is 0.828. The molecule has 1 heterocycles. The number of fused-ring (bicyclic) bond motifs is 1. The molecular formula is C14H18N4O3. The molecule has 0 aliphatic heterocycles. The number of carboxylic acid groups (broad SMARTS) is 1. The molecule has 21 heavy (non-hydrogen) atoms. The SMILES string of the molecule is CC(C)C(CC(=O)O)NC(=O)Cn1nc2ccccc2n1. The first-order valence-corrected chi connectivity index (χ1v) is 6.76. The van der Waals surface area contributed by atoms with Crippen LogP contribution < -0.4 is 5.32 Å². The van der Waals surface area contributed by atoms with Gasteiger partial charge in [0.25, 0.3) is 0 Å². The molecule has 1 aromatic carbocycles. The molecule has 0 radical (unpaired) electrons. The fraction of sp³-hybridized carbons (Fsp3) is 0.429. The molecule has 1 unspecified atom stereocenters. The zero-order valence-electron chi connectivity index (χ0n) is 12.0. The number of benzene rings is 1. The molecule has 1 amide bonds. The van der Waals surface area contributed by atoms with Crippen molar-refractivity contribution in [1.29, 1.82) is 0 Å². The molecule has 2 N–H and O–H groups in total. The maximum atomic E-state index is 12.0. The number of nitrogens with one attached hydrogen (secondary N) is 1. The van der Waals surface area contributed by atoms with Crippen LogP contribution in [0.1, 0.15) is 20.3 Å². The van der Waals surface area contributed by atoms with Gasteiger partial charge < -0.3 is 10.4 Å². The normalized spacial score (nSPS) is 12.5. The number of rotatable bonds is 6. The number of hydrogen-bond acceptors (Lipinski definition) is 4. The molecule has 0 saturated carbocycles. The number of aliphatic carboxylic acids is 1. The first kappa shape index (κ1) is 15.0. The van der Waals surface area contributed by atoms with Crippen molar-refractivity contribution in [2.24, 2.45) is 5.92 Å². The van der Waals surface area contributed by atoms with Gasteiger partial charge in [-0.15, -0.1) is 0 Å². The Balaban J connectivity index is 2.01. The molecule has 2 rings (SSSR count). The molecule has 0 saturated heterocycles. The van der Waals surface area contributed by atoms with Crippen molar-refractivity contribution in [1.82, 2.24) is 20.3 Å². The second kappa shape index (κ2) is 6.34. The van der Waals surface area contributed by atoms with E-state index in [0.717, 1.165) is 11.0 Å². The van der Waals surface area contributed by atoms with Gasteiger partial charge in [0.2, 0.25) is 5.91 Å². The first-order valence-electron chi connectivity index (χ1n) is 6.76. The van der Waals surface area contributed by atoms with Gasteiger partial charge in [0, 0.05) is 6.04 Å². The molecule has 0 spiro atoms. The van der Waals surface area contributed by atoms with Gasteiger partial charge in [-0.05, 0) is 18.1 Å². The van der Waals surface area contributed by atoms with Crippen LogP contribution in [0.4, 0.5) is 0 Å². The lowest BCUT2D eigenvalue weighted by atomic mass is 10.0. The van der Waals surface area contributed by atoms with Crippen LogP contribution in [0.3, 0.4) is 0 Å². The summed E-state index contributed by atoms with van der Waals surface area (Å²) < 4.78 is 0. The third kappa shape index (κ3) is 4.01. The fourth-order valence-corrected chi connectivity index (χ4v) is 2.00. The summed E-state index contributed by atoms with van der Waals surface area (Å²) in [6.07, 6.45) is -0.0993. The van der Waals surface area contributed by atoms with Crippen molar-refractivity contribution in [2.75, 3.05) is 0 Å². The molecule has 1 atom stereocenters. The summed E-state index contributed by atoms with van der Waals surface area (Å²) in [5.74, 6) is -1.19. The Morgan fingerprint density at radius 3 is 2.29 bits per heavy atom. The van der Waals surface area contributed by atoms with Gasteiger partial charge in [-0.3, -0.25) is 9.59 Å². The predicted octanol–water partition coefficient (Wildman–Crippen LogP) is 1.05. The van der Waals surface area contributed by atoms with Crippen LogP contribution in [-0.2, 0) is 16.1 Å². The van der Waals surface area contributed by atoms with E-state index in [4.69, 9.17) is 5.11 Å². The van der Waals surface area contributed by atoms with Crippen molar-refractivity contribution < 1.29 is 14.7 Å². The van der Waals surface area contributed by atoms with Crippen molar-refractivity contribution >= 4 is 22.9 Å². The van der Waals surface area contributed by atoms with Crippen molar-refractivity contribution in [2.45, 2.75) is 32.9 Å². The molecule has 2 aromatic rings. The van der Waals surface area contributed by atoms with Crippen LogP contribution in [0.5, 0.6) is 0 Å². The number of amides is 1. The summed E-state index contributed by atoms with van der Waals surface area (Å²) in [5, 5.41) is 20.0. The largest absolute Gasteiger partial charge is 0.481 e. The van der Waals surface area contributed by atoms with E-state index < -0.39 is 12.0 Å². The Morgan fingerprint density at radius 2 is 1.81 bits per heavy atom. The van der Waals surface area contributed by atoms with Gasteiger partial charge in [0.1, 0.15) is 17.6 Å². The van der Waals surface area contributed by atoms with Crippen molar-refractivity contribution in [3.05, 3.63) is 24.3 Å². The maximum absolute atomic E-state index is 12.0. The Morgan fingerprint density at radius 1 is 1.24 bits per heavy atom. The third-order valence-corrected chi connectivity index (χ3v) is 3.16. The lowest BCUT2D eigenvalue weighted by Crippen LogP contribution is -2.41. The molecule has 0 aliphatic carbocycles. The summed E-state index contributed by atoms with van der Waals surface area (Å²) in [4.78, 5) is 24.1. The second-order valence-corrected chi connectivity index (χ2v) is 5.24. The summed E-state index contributed by atoms with van der Waals surface area (Å²) in [7, 11) is 0. The first-order chi connectivity index (χ1) is 9.95. The second-order valence-electron chi connectivity index (χ2n) is 5.24. The minimum absolute atomic E-state index is 0.0302. The smallest absolute Gasteiger partial charge is 0.305 e. The topological polar surface area (TPSA) is 97.1 Å². The molecule has 112 valence electrons. The number of aromatic nitrogens is 3. The molecule has 1 aromatic heterocycles. The highest BCUT2D eigenvalue weighted by atomic mass is 16.4. The number of carboxylic acids is 1. The lowest BCUT2D eigenvalue weighted by Gasteiger charge is -2.20. The number of carbonyl (C=O) groups is 2. The van der Waals surface area contributed by atoms with E-state index in [1.807, 2.05) is 38.1 Å².